The van der Waals surface area contributed by atoms with Gasteiger partial charge in [-0.15, -0.1) is 0 Å². The number of phenols is 1. The van der Waals surface area contributed by atoms with Gasteiger partial charge in [0.2, 0.25) is 0 Å². The van der Waals surface area contributed by atoms with Crippen molar-refractivity contribution < 1.29 is 5.11 Å². The number of hydrogen-bond donors (Lipinski definition) is 1. The Bertz CT molecular complexity index is 507. The van der Waals surface area contributed by atoms with Crippen molar-refractivity contribution in [3.63, 3.8) is 0 Å². The van der Waals surface area contributed by atoms with Crippen molar-refractivity contribution in [1.29, 1.82) is 0 Å². The predicted octanol–water partition coefficient (Wildman–Crippen LogP) is 2.78. The van der Waals surface area contributed by atoms with Gasteiger partial charge in [-0.2, -0.15) is 0 Å². The number of fused-ring (bicyclic) bond motifs is 1. The zero-order chi connectivity index (χ0) is 12.3. The Morgan fingerprint density at radius 1 is 1.18 bits per heavy atom. The van der Waals surface area contributed by atoms with Gasteiger partial charge in [0.15, 0.2) is 0 Å². The van der Waals surface area contributed by atoms with Gasteiger partial charge in [0.05, 0.1) is 5.52 Å². The highest BCUT2D eigenvalue weighted by atomic mass is 16.3. The summed E-state index contributed by atoms with van der Waals surface area (Å²) in [6, 6.07) is 7.60. The van der Waals surface area contributed by atoms with Crippen LogP contribution in [0.1, 0.15) is 19.4 Å². The standard InChI is InChI=1S/C14H18N2O/c1-3-16(4-2)10-12-13(17)8-7-11-6-5-9-15-14(11)12/h5-9,17H,3-4,10H2,1-2H3. The Kier molecular flexibility index (Phi) is 3.59. The van der Waals surface area contributed by atoms with Gasteiger partial charge in [0.1, 0.15) is 5.75 Å². The van der Waals surface area contributed by atoms with Crippen LogP contribution in [0.2, 0.25) is 0 Å². The smallest absolute Gasteiger partial charge is 0.122 e. The third kappa shape index (κ3) is 2.39. The molecule has 1 heterocycles. The zero-order valence-electron chi connectivity index (χ0n) is 10.3. The minimum absolute atomic E-state index is 0.336. The summed E-state index contributed by atoms with van der Waals surface area (Å²) in [5, 5.41) is 11.1. The Labute approximate surface area is 102 Å². The van der Waals surface area contributed by atoms with Crippen LogP contribution in [0, 0.1) is 0 Å². The maximum atomic E-state index is 9.98. The van der Waals surface area contributed by atoms with E-state index in [9.17, 15) is 5.11 Å². The molecule has 0 amide bonds. The Hall–Kier alpha value is -1.61. The van der Waals surface area contributed by atoms with E-state index in [2.05, 4.69) is 23.7 Å². The summed E-state index contributed by atoms with van der Waals surface area (Å²) >= 11 is 0. The highest BCUT2D eigenvalue weighted by Gasteiger charge is 2.10. The highest BCUT2D eigenvalue weighted by Crippen LogP contribution is 2.26. The lowest BCUT2D eigenvalue weighted by atomic mass is 10.1. The number of rotatable bonds is 4. The van der Waals surface area contributed by atoms with E-state index in [-0.39, 0.29) is 0 Å². The molecule has 17 heavy (non-hydrogen) atoms. The van der Waals surface area contributed by atoms with Crippen LogP contribution >= 0.6 is 0 Å². The fourth-order valence-corrected chi connectivity index (χ4v) is 2.02. The number of hydrogen-bond acceptors (Lipinski definition) is 3. The van der Waals surface area contributed by atoms with Crippen LogP contribution in [-0.2, 0) is 6.54 Å². The molecule has 0 unspecified atom stereocenters. The molecule has 2 aromatic rings. The van der Waals surface area contributed by atoms with Crippen LogP contribution < -0.4 is 0 Å². The molecule has 0 fully saturated rings. The molecule has 90 valence electrons. The first kappa shape index (κ1) is 11.9. The van der Waals surface area contributed by atoms with Gasteiger partial charge < -0.3 is 5.11 Å². The minimum Gasteiger partial charge on any atom is -0.508 e. The first-order valence-corrected chi connectivity index (χ1v) is 6.04. The van der Waals surface area contributed by atoms with Crippen molar-refractivity contribution in [2.24, 2.45) is 0 Å². The molecular formula is C14H18N2O. The molecule has 0 aliphatic carbocycles. The van der Waals surface area contributed by atoms with Crippen molar-refractivity contribution in [1.82, 2.24) is 9.88 Å². The molecule has 0 saturated heterocycles. The lowest BCUT2D eigenvalue weighted by Crippen LogP contribution is -2.22. The van der Waals surface area contributed by atoms with Crippen LogP contribution in [0.15, 0.2) is 30.5 Å². The average molecular weight is 230 g/mol. The minimum atomic E-state index is 0.336. The number of nitrogens with zero attached hydrogens (tertiary/aromatic N) is 2. The fraction of sp³-hybridized carbons (Fsp3) is 0.357. The van der Waals surface area contributed by atoms with Gasteiger partial charge in [0.25, 0.3) is 0 Å². The predicted molar refractivity (Wildman–Crippen MR) is 70.0 cm³/mol. The molecule has 1 N–H and O–H groups in total. The molecule has 0 atom stereocenters. The number of aromatic hydroxyl groups is 1. The topological polar surface area (TPSA) is 36.4 Å². The molecule has 3 nitrogen and oxygen atoms in total. The van der Waals surface area contributed by atoms with Crippen molar-refractivity contribution in [2.45, 2.75) is 20.4 Å². The van der Waals surface area contributed by atoms with Crippen molar-refractivity contribution in [2.75, 3.05) is 13.1 Å². The molecule has 2 rings (SSSR count). The second-order valence-electron chi connectivity index (χ2n) is 4.10. The molecule has 1 aromatic carbocycles. The molecule has 0 bridgehead atoms. The number of phenolic OH excluding ortho intramolecular Hbond substituents is 1. The number of aromatic nitrogens is 1. The first-order chi connectivity index (χ1) is 8.26. The Balaban J connectivity index is 2.47. The summed E-state index contributed by atoms with van der Waals surface area (Å²) < 4.78 is 0. The first-order valence-electron chi connectivity index (χ1n) is 6.04. The van der Waals surface area contributed by atoms with Crippen molar-refractivity contribution in [3.8, 4) is 5.75 Å². The second-order valence-corrected chi connectivity index (χ2v) is 4.10. The average Bonchev–Trinajstić information content (AvgIpc) is 2.38. The van der Waals surface area contributed by atoms with E-state index >= 15 is 0 Å². The van der Waals surface area contributed by atoms with Gasteiger partial charge in [-0.3, -0.25) is 9.88 Å². The van der Waals surface area contributed by atoms with E-state index in [0.717, 1.165) is 36.1 Å². The Morgan fingerprint density at radius 3 is 2.65 bits per heavy atom. The summed E-state index contributed by atoms with van der Waals surface area (Å²) in [5.41, 5.74) is 1.83. The molecule has 0 spiro atoms. The SMILES string of the molecule is CCN(CC)Cc1c(O)ccc2cccnc12. The highest BCUT2D eigenvalue weighted by molar-refractivity contribution is 5.83. The third-order valence-electron chi connectivity index (χ3n) is 3.13. The summed E-state index contributed by atoms with van der Waals surface area (Å²) in [7, 11) is 0. The van der Waals surface area contributed by atoms with Gasteiger partial charge in [-0.1, -0.05) is 19.9 Å². The van der Waals surface area contributed by atoms with Crippen LogP contribution in [0.3, 0.4) is 0 Å². The van der Waals surface area contributed by atoms with Crippen molar-refractivity contribution in [3.05, 3.63) is 36.0 Å². The molecule has 1 aromatic heterocycles. The van der Waals surface area contributed by atoms with E-state index in [1.807, 2.05) is 18.2 Å². The van der Waals surface area contributed by atoms with E-state index in [1.165, 1.54) is 0 Å². The maximum Gasteiger partial charge on any atom is 0.122 e. The lowest BCUT2D eigenvalue weighted by molar-refractivity contribution is 0.292. The van der Waals surface area contributed by atoms with Crippen LogP contribution in [0.5, 0.6) is 5.75 Å². The van der Waals surface area contributed by atoms with E-state index in [0.29, 0.717) is 5.75 Å². The number of pyridine rings is 1. The molecule has 0 aliphatic rings. The van der Waals surface area contributed by atoms with Gasteiger partial charge in [-0.05, 0) is 31.3 Å². The maximum absolute atomic E-state index is 9.98. The Morgan fingerprint density at radius 2 is 1.94 bits per heavy atom. The fourth-order valence-electron chi connectivity index (χ4n) is 2.02. The molecule has 0 saturated carbocycles. The van der Waals surface area contributed by atoms with Gasteiger partial charge in [-0.25, -0.2) is 0 Å². The van der Waals surface area contributed by atoms with Crippen LogP contribution in [0.25, 0.3) is 10.9 Å². The van der Waals surface area contributed by atoms with E-state index in [4.69, 9.17) is 0 Å². The molecule has 3 heteroatoms. The summed E-state index contributed by atoms with van der Waals surface area (Å²) in [5.74, 6) is 0.336. The summed E-state index contributed by atoms with van der Waals surface area (Å²) in [6.07, 6.45) is 1.77. The molecular weight excluding hydrogens is 212 g/mol. The third-order valence-corrected chi connectivity index (χ3v) is 3.13. The normalized spacial score (nSPS) is 11.2. The zero-order valence-corrected chi connectivity index (χ0v) is 10.3. The molecule has 0 aliphatic heterocycles. The summed E-state index contributed by atoms with van der Waals surface area (Å²) in [4.78, 5) is 6.64. The largest absolute Gasteiger partial charge is 0.508 e. The second kappa shape index (κ2) is 5.15. The van der Waals surface area contributed by atoms with Gasteiger partial charge >= 0.3 is 0 Å². The monoisotopic (exact) mass is 230 g/mol. The van der Waals surface area contributed by atoms with Crippen LogP contribution in [0.4, 0.5) is 0 Å². The number of benzene rings is 1. The summed E-state index contributed by atoms with van der Waals surface area (Å²) in [6.45, 7) is 6.93. The van der Waals surface area contributed by atoms with E-state index < -0.39 is 0 Å². The van der Waals surface area contributed by atoms with Gasteiger partial charge in [0, 0.05) is 23.7 Å². The van der Waals surface area contributed by atoms with Crippen molar-refractivity contribution >= 4 is 10.9 Å². The quantitative estimate of drug-likeness (QED) is 0.877. The molecule has 0 radical (unpaired) electrons. The lowest BCUT2D eigenvalue weighted by Gasteiger charge is -2.19. The van der Waals surface area contributed by atoms with E-state index in [1.54, 1.807) is 12.3 Å². The van der Waals surface area contributed by atoms with Crippen LogP contribution in [-0.4, -0.2) is 28.1 Å².